The maximum atomic E-state index is 12.6. The van der Waals surface area contributed by atoms with Crippen molar-refractivity contribution in [1.82, 2.24) is 4.72 Å². The number of sulfonamides is 1. The Bertz CT molecular complexity index is 1120. The zero-order chi connectivity index (χ0) is 19.6. The summed E-state index contributed by atoms with van der Waals surface area (Å²) in [5, 5.41) is 19.2. The smallest absolute Gasteiger partial charge is 0.321 e. The number of benzene rings is 2. The van der Waals surface area contributed by atoms with Crippen molar-refractivity contribution < 1.29 is 32.6 Å². The minimum absolute atomic E-state index is 0.0419. The number of para-hydroxylation sites is 1. The third kappa shape index (κ3) is 4.09. The maximum Gasteiger partial charge on any atom is 0.321 e. The van der Waals surface area contributed by atoms with Crippen LogP contribution >= 0.6 is 0 Å². The van der Waals surface area contributed by atoms with Gasteiger partial charge < -0.3 is 14.6 Å². The van der Waals surface area contributed by atoms with Crippen molar-refractivity contribution in [2.45, 2.75) is 30.2 Å². The third-order valence-electron chi connectivity index (χ3n) is 4.14. The van der Waals surface area contributed by atoms with Crippen LogP contribution in [0.2, 0.25) is 0 Å². The van der Waals surface area contributed by atoms with Crippen molar-refractivity contribution in [1.29, 1.82) is 0 Å². The van der Waals surface area contributed by atoms with Gasteiger partial charge in [-0.1, -0.05) is 18.2 Å². The van der Waals surface area contributed by atoms with Crippen LogP contribution in [-0.4, -0.2) is 36.6 Å². The normalized spacial score (nSPS) is 13.0. The molecule has 1 atom stereocenters. The lowest BCUT2D eigenvalue weighted by Gasteiger charge is -2.14. The van der Waals surface area contributed by atoms with Crippen LogP contribution in [0.3, 0.4) is 0 Å². The minimum atomic E-state index is -4.11. The molecule has 0 bridgehead atoms. The molecule has 0 aliphatic carbocycles. The van der Waals surface area contributed by atoms with E-state index in [4.69, 9.17) is 9.52 Å². The van der Waals surface area contributed by atoms with E-state index in [1.54, 1.807) is 24.3 Å². The Morgan fingerprint density at radius 3 is 2.44 bits per heavy atom. The first-order valence-electron chi connectivity index (χ1n) is 8.16. The molecule has 0 saturated carbocycles. The number of hydrogen-bond acceptors (Lipinski definition) is 5. The highest BCUT2D eigenvalue weighted by Gasteiger charge is 2.26. The van der Waals surface area contributed by atoms with E-state index in [2.05, 4.69) is 4.72 Å². The van der Waals surface area contributed by atoms with Gasteiger partial charge in [-0.15, -0.1) is 0 Å². The van der Waals surface area contributed by atoms with E-state index < -0.39 is 28.0 Å². The second-order valence-corrected chi connectivity index (χ2v) is 7.77. The van der Waals surface area contributed by atoms with Gasteiger partial charge in [0.05, 0.1) is 4.90 Å². The number of aliphatic carboxylic acids is 2. The fourth-order valence-electron chi connectivity index (χ4n) is 2.82. The fourth-order valence-corrected chi connectivity index (χ4v) is 4.07. The number of furan rings is 1. The third-order valence-corrected chi connectivity index (χ3v) is 5.61. The van der Waals surface area contributed by atoms with Crippen molar-refractivity contribution in [3.05, 3.63) is 42.5 Å². The predicted molar refractivity (Wildman–Crippen MR) is 97.0 cm³/mol. The number of rotatable bonds is 8. The summed E-state index contributed by atoms with van der Waals surface area (Å²) in [6, 6.07) is 10.1. The number of carboxylic acids is 2. The first kappa shape index (κ1) is 18.9. The van der Waals surface area contributed by atoms with Crippen LogP contribution < -0.4 is 4.72 Å². The topological polar surface area (TPSA) is 134 Å². The molecule has 9 heteroatoms. The van der Waals surface area contributed by atoms with Crippen LogP contribution in [-0.2, 0) is 19.6 Å². The summed E-state index contributed by atoms with van der Waals surface area (Å²) in [7, 11) is -4.11. The summed E-state index contributed by atoms with van der Waals surface area (Å²) in [6.07, 6.45) is -0.323. The quantitative estimate of drug-likeness (QED) is 0.537. The predicted octanol–water partition coefficient (Wildman–Crippen LogP) is 2.57. The van der Waals surface area contributed by atoms with Gasteiger partial charge in [0.2, 0.25) is 10.0 Å². The Morgan fingerprint density at radius 1 is 1.04 bits per heavy atom. The van der Waals surface area contributed by atoms with Gasteiger partial charge in [-0.3, -0.25) is 9.59 Å². The summed E-state index contributed by atoms with van der Waals surface area (Å²) < 4.78 is 33.0. The summed E-state index contributed by atoms with van der Waals surface area (Å²) in [5.74, 6) is -2.43. The van der Waals surface area contributed by atoms with Crippen LogP contribution in [0.15, 0.2) is 51.8 Å². The van der Waals surface area contributed by atoms with Crippen molar-refractivity contribution in [3.8, 4) is 0 Å². The molecule has 0 amide bonds. The Kier molecular flexibility index (Phi) is 5.15. The van der Waals surface area contributed by atoms with Crippen LogP contribution in [0, 0.1) is 0 Å². The van der Waals surface area contributed by atoms with Crippen LogP contribution in [0.25, 0.3) is 21.9 Å². The Balaban J connectivity index is 1.89. The molecule has 0 aliphatic heterocycles. The number of hydrogen-bond donors (Lipinski definition) is 3. The zero-order valence-electron chi connectivity index (χ0n) is 14.1. The molecule has 1 unspecified atom stereocenters. The molecule has 0 fully saturated rings. The second kappa shape index (κ2) is 7.37. The van der Waals surface area contributed by atoms with Crippen molar-refractivity contribution in [2.24, 2.45) is 0 Å². The molecule has 27 heavy (non-hydrogen) atoms. The van der Waals surface area contributed by atoms with Crippen LogP contribution in [0.5, 0.6) is 0 Å². The molecule has 8 nitrogen and oxygen atoms in total. The molecule has 1 heterocycles. The lowest BCUT2D eigenvalue weighted by Crippen LogP contribution is -2.40. The molecule has 3 N–H and O–H groups in total. The van der Waals surface area contributed by atoms with Crippen molar-refractivity contribution in [2.75, 3.05) is 0 Å². The lowest BCUT2D eigenvalue weighted by atomic mass is 10.1. The fraction of sp³-hybridized carbons (Fsp3) is 0.222. The largest absolute Gasteiger partial charge is 0.481 e. The molecule has 0 spiro atoms. The molecule has 2 aromatic carbocycles. The minimum Gasteiger partial charge on any atom is -0.481 e. The Labute approximate surface area is 154 Å². The van der Waals surface area contributed by atoms with Gasteiger partial charge in [0, 0.05) is 17.2 Å². The highest BCUT2D eigenvalue weighted by atomic mass is 32.2. The summed E-state index contributed by atoms with van der Waals surface area (Å²) in [6.45, 7) is 0. The molecule has 3 rings (SSSR count). The number of nitrogens with one attached hydrogen (secondary N) is 1. The lowest BCUT2D eigenvalue weighted by molar-refractivity contribution is -0.140. The number of fused-ring (bicyclic) bond motifs is 3. The van der Waals surface area contributed by atoms with Gasteiger partial charge >= 0.3 is 11.9 Å². The standard InChI is InChI=1S/C18H17NO7S/c20-17(21)7-3-5-14(18(22)23)19-27(24,25)11-8-9-16-13(10-11)12-4-1-2-6-15(12)26-16/h1-2,4,6,8-10,14,19H,3,5,7H2,(H,20,21)(H,22,23). The first-order chi connectivity index (χ1) is 12.8. The van der Waals surface area contributed by atoms with Crippen molar-refractivity contribution >= 4 is 43.9 Å². The average Bonchev–Trinajstić information content (AvgIpc) is 2.98. The second-order valence-electron chi connectivity index (χ2n) is 6.05. The van der Waals surface area contributed by atoms with Gasteiger partial charge in [0.1, 0.15) is 17.2 Å². The molecule has 0 aliphatic rings. The van der Waals surface area contributed by atoms with E-state index in [0.717, 1.165) is 5.39 Å². The number of carboxylic acid groups (broad SMARTS) is 2. The van der Waals surface area contributed by atoms with Gasteiger partial charge in [0.15, 0.2) is 0 Å². The van der Waals surface area contributed by atoms with E-state index in [1.807, 2.05) is 0 Å². The van der Waals surface area contributed by atoms with E-state index >= 15 is 0 Å². The highest BCUT2D eigenvalue weighted by Crippen LogP contribution is 2.30. The van der Waals surface area contributed by atoms with E-state index in [-0.39, 0.29) is 24.2 Å². The zero-order valence-corrected chi connectivity index (χ0v) is 14.9. The van der Waals surface area contributed by atoms with E-state index in [9.17, 15) is 23.1 Å². The number of carbonyl (C=O) groups is 2. The molecule has 0 radical (unpaired) electrons. The monoisotopic (exact) mass is 391 g/mol. The molecule has 0 saturated heterocycles. The van der Waals surface area contributed by atoms with Gasteiger partial charge in [-0.05, 0) is 37.1 Å². The summed E-state index contributed by atoms with van der Waals surface area (Å²) >= 11 is 0. The highest BCUT2D eigenvalue weighted by molar-refractivity contribution is 7.89. The van der Waals surface area contributed by atoms with Gasteiger partial charge in [0.25, 0.3) is 0 Å². The molecule has 142 valence electrons. The van der Waals surface area contributed by atoms with Gasteiger partial charge in [-0.25, -0.2) is 8.42 Å². The van der Waals surface area contributed by atoms with Gasteiger partial charge in [-0.2, -0.15) is 4.72 Å². The van der Waals surface area contributed by atoms with Crippen molar-refractivity contribution in [3.63, 3.8) is 0 Å². The Morgan fingerprint density at radius 2 is 1.74 bits per heavy atom. The SMILES string of the molecule is O=C(O)CCCC(NS(=O)(=O)c1ccc2oc3ccccc3c2c1)C(=O)O. The van der Waals surface area contributed by atoms with E-state index in [1.165, 1.54) is 18.2 Å². The van der Waals surface area contributed by atoms with Crippen LogP contribution in [0.1, 0.15) is 19.3 Å². The average molecular weight is 391 g/mol. The van der Waals surface area contributed by atoms with Crippen LogP contribution in [0.4, 0.5) is 0 Å². The Hall–Kier alpha value is -2.91. The summed E-state index contributed by atoms with van der Waals surface area (Å²) in [4.78, 5) is 21.8. The molecule has 1 aromatic heterocycles. The first-order valence-corrected chi connectivity index (χ1v) is 9.64. The maximum absolute atomic E-state index is 12.6. The molecule has 3 aromatic rings. The summed E-state index contributed by atoms with van der Waals surface area (Å²) in [5.41, 5.74) is 1.14. The molecular weight excluding hydrogens is 374 g/mol. The molecular formula is C18H17NO7S. The van der Waals surface area contributed by atoms with E-state index in [0.29, 0.717) is 16.6 Å².